The molecule has 0 aliphatic carbocycles. The van der Waals surface area contributed by atoms with E-state index in [1.165, 1.54) is 7.11 Å². The fraction of sp³-hybridized carbons (Fsp3) is 0.500. The van der Waals surface area contributed by atoms with E-state index in [9.17, 15) is 9.90 Å². The van der Waals surface area contributed by atoms with Crippen LogP contribution in [0.1, 0.15) is 23.2 Å². The summed E-state index contributed by atoms with van der Waals surface area (Å²) in [5.41, 5.74) is 0.191. The third-order valence-electron chi connectivity index (χ3n) is 4.69. The zero-order valence-corrected chi connectivity index (χ0v) is 13.2. The van der Waals surface area contributed by atoms with Crippen molar-refractivity contribution in [2.24, 2.45) is 5.10 Å². The van der Waals surface area contributed by atoms with Crippen molar-refractivity contribution < 1.29 is 19.2 Å². The molecule has 0 unspecified atom stereocenters. The topological polar surface area (TPSA) is 62.1 Å². The van der Waals surface area contributed by atoms with Crippen molar-refractivity contribution in [2.75, 3.05) is 34.3 Å². The minimum absolute atomic E-state index is 0.191. The number of benzene rings is 1. The summed E-state index contributed by atoms with van der Waals surface area (Å²) in [6.07, 6.45) is 4.26. The molecule has 2 aliphatic rings. The summed E-state index contributed by atoms with van der Waals surface area (Å²) in [6, 6.07) is 4.01. The van der Waals surface area contributed by atoms with Crippen LogP contribution in [0.15, 0.2) is 17.2 Å². The van der Waals surface area contributed by atoms with Gasteiger partial charge in [0.25, 0.3) is 0 Å². The molecule has 6 nitrogen and oxygen atoms in total. The van der Waals surface area contributed by atoms with Crippen LogP contribution in [0.4, 0.5) is 0 Å². The van der Waals surface area contributed by atoms with Gasteiger partial charge in [0.2, 0.25) is 0 Å². The summed E-state index contributed by atoms with van der Waals surface area (Å²) < 4.78 is 5.76. The Labute approximate surface area is 129 Å². The number of carbonyl (C=O) groups is 1. The Morgan fingerprint density at radius 2 is 2.05 bits per heavy atom. The molecule has 0 bridgehead atoms. The number of piperidine rings is 1. The molecule has 0 atom stereocenters. The van der Waals surface area contributed by atoms with E-state index in [-0.39, 0.29) is 5.56 Å². The van der Waals surface area contributed by atoms with Crippen LogP contribution in [-0.4, -0.2) is 60.9 Å². The van der Waals surface area contributed by atoms with Gasteiger partial charge in [-0.15, -0.1) is 0 Å². The first-order valence-electron chi connectivity index (χ1n) is 7.52. The number of methoxy groups -OCH3 is 1. The molecule has 1 aromatic rings. The summed E-state index contributed by atoms with van der Waals surface area (Å²) in [5, 5.41) is 15.8. The second-order valence-corrected chi connectivity index (χ2v) is 6.27. The number of hydrogen-bond acceptors (Lipinski definition) is 4. The van der Waals surface area contributed by atoms with Crippen molar-refractivity contribution in [2.45, 2.75) is 18.9 Å². The van der Waals surface area contributed by atoms with Crippen molar-refractivity contribution in [1.29, 1.82) is 0 Å². The third-order valence-corrected chi connectivity index (χ3v) is 4.69. The molecule has 3 rings (SSSR count). The van der Waals surface area contributed by atoms with E-state index in [1.807, 2.05) is 0 Å². The van der Waals surface area contributed by atoms with E-state index >= 15 is 0 Å². The van der Waals surface area contributed by atoms with Gasteiger partial charge in [0.05, 0.1) is 12.3 Å². The quantitative estimate of drug-likeness (QED) is 0.812. The highest BCUT2D eigenvalue weighted by Gasteiger charge is 2.36. The van der Waals surface area contributed by atoms with Crippen LogP contribution in [0.3, 0.4) is 0 Å². The third kappa shape index (κ3) is 2.48. The average Bonchev–Trinajstić information content (AvgIpc) is 2.82. The van der Waals surface area contributed by atoms with Gasteiger partial charge in [-0.25, -0.2) is 4.79 Å². The normalized spacial score (nSPS) is 26.5. The van der Waals surface area contributed by atoms with Gasteiger partial charge < -0.3 is 14.7 Å². The molecular formula is C16H22N3O3+. The molecule has 1 N–H and O–H groups in total. The van der Waals surface area contributed by atoms with Crippen LogP contribution in [0.25, 0.3) is 6.20 Å². The average molecular weight is 304 g/mol. The largest absolute Gasteiger partial charge is 0.496 e. The van der Waals surface area contributed by atoms with Gasteiger partial charge in [0.1, 0.15) is 36.0 Å². The Morgan fingerprint density at radius 1 is 1.36 bits per heavy atom. The predicted molar refractivity (Wildman–Crippen MR) is 81.9 cm³/mol. The fourth-order valence-electron chi connectivity index (χ4n) is 3.36. The highest BCUT2D eigenvalue weighted by Crippen LogP contribution is 2.25. The minimum atomic E-state index is -0.974. The van der Waals surface area contributed by atoms with Gasteiger partial charge in [0.15, 0.2) is 0 Å². The fourth-order valence-corrected chi connectivity index (χ4v) is 3.36. The minimum Gasteiger partial charge on any atom is -0.496 e. The molecule has 22 heavy (non-hydrogen) atoms. The molecule has 2 heterocycles. The first-order valence-corrected chi connectivity index (χ1v) is 7.52. The molecule has 1 fully saturated rings. The number of hydrogen-bond donors (Lipinski definition) is 1. The smallest absolute Gasteiger partial charge is 0.339 e. The van der Waals surface area contributed by atoms with E-state index in [2.05, 4.69) is 25.2 Å². The van der Waals surface area contributed by atoms with Gasteiger partial charge in [0, 0.05) is 24.9 Å². The lowest BCUT2D eigenvalue weighted by molar-refractivity contribution is -0.865. The number of rotatable bonds is 3. The first kappa shape index (κ1) is 15.0. The molecule has 1 aromatic carbocycles. The van der Waals surface area contributed by atoms with Gasteiger partial charge >= 0.3 is 5.97 Å². The second-order valence-electron chi connectivity index (χ2n) is 6.27. The van der Waals surface area contributed by atoms with Gasteiger partial charge in [-0.3, -0.25) is 0 Å². The van der Waals surface area contributed by atoms with Crippen LogP contribution >= 0.6 is 0 Å². The number of nitrogens with zero attached hydrogens (tertiary/aromatic N) is 3. The van der Waals surface area contributed by atoms with Crippen LogP contribution in [-0.2, 0) is 0 Å². The first-order chi connectivity index (χ1) is 10.4. The van der Waals surface area contributed by atoms with Crippen molar-refractivity contribution in [1.82, 2.24) is 4.90 Å². The SMILES string of the molecule is COc1cc2c(cc1C(=O)O)=C[N+]1(CCC(N(C)C)CC1)N=2. The lowest BCUT2D eigenvalue weighted by Crippen LogP contribution is -2.48. The number of aromatic carboxylic acids is 1. The summed E-state index contributed by atoms with van der Waals surface area (Å²) in [7, 11) is 5.72. The maximum atomic E-state index is 11.3. The second kappa shape index (κ2) is 5.37. The summed E-state index contributed by atoms with van der Waals surface area (Å²) >= 11 is 0. The van der Waals surface area contributed by atoms with E-state index < -0.39 is 5.97 Å². The molecule has 1 spiro atoms. The molecule has 0 saturated carbocycles. The lowest BCUT2D eigenvalue weighted by atomic mass is 10.0. The monoisotopic (exact) mass is 304 g/mol. The van der Waals surface area contributed by atoms with E-state index in [0.29, 0.717) is 16.4 Å². The van der Waals surface area contributed by atoms with Crippen LogP contribution in [0.2, 0.25) is 0 Å². The summed E-state index contributed by atoms with van der Waals surface area (Å²) in [6.45, 7) is 1.89. The van der Waals surface area contributed by atoms with Crippen molar-refractivity contribution in [3.8, 4) is 5.75 Å². The van der Waals surface area contributed by atoms with Gasteiger partial charge in [-0.2, -0.15) is 4.59 Å². The van der Waals surface area contributed by atoms with E-state index in [4.69, 9.17) is 9.84 Å². The van der Waals surface area contributed by atoms with Gasteiger partial charge in [-0.1, -0.05) is 5.10 Å². The van der Waals surface area contributed by atoms with Crippen molar-refractivity contribution in [3.63, 3.8) is 0 Å². The number of carboxylic acid groups (broad SMARTS) is 1. The highest BCUT2D eigenvalue weighted by molar-refractivity contribution is 5.90. The van der Waals surface area contributed by atoms with Gasteiger partial charge in [-0.05, 0) is 20.2 Å². The van der Waals surface area contributed by atoms with Crippen LogP contribution < -0.4 is 15.3 Å². The molecule has 0 aromatic heterocycles. The molecule has 0 amide bonds. The molecule has 0 radical (unpaired) electrons. The van der Waals surface area contributed by atoms with E-state index in [0.717, 1.165) is 36.5 Å². The molecular weight excluding hydrogens is 282 g/mol. The summed E-state index contributed by atoms with van der Waals surface area (Å²) in [4.78, 5) is 13.6. The van der Waals surface area contributed by atoms with Crippen molar-refractivity contribution >= 4 is 12.2 Å². The maximum Gasteiger partial charge on any atom is 0.339 e. The van der Waals surface area contributed by atoms with Crippen molar-refractivity contribution in [3.05, 3.63) is 28.3 Å². The molecule has 1 saturated heterocycles. The Kier molecular flexibility index (Phi) is 3.66. The molecule has 118 valence electrons. The predicted octanol–water partition coefficient (Wildman–Crippen LogP) is 0.220. The number of fused-ring (bicyclic) bond motifs is 1. The van der Waals surface area contributed by atoms with E-state index in [1.54, 1.807) is 12.1 Å². The molecule has 2 aliphatic heterocycles. The van der Waals surface area contributed by atoms with Crippen LogP contribution in [0.5, 0.6) is 5.75 Å². The summed E-state index contributed by atoms with van der Waals surface area (Å²) in [5.74, 6) is -0.607. The zero-order chi connectivity index (χ0) is 15.9. The number of carboxylic acids is 1. The number of ether oxygens (including phenoxy) is 1. The highest BCUT2D eigenvalue weighted by atomic mass is 16.5. The number of quaternary nitrogens is 1. The Morgan fingerprint density at radius 3 is 2.59 bits per heavy atom. The Hall–Kier alpha value is -1.92. The molecule has 6 heteroatoms. The maximum absolute atomic E-state index is 11.3. The van der Waals surface area contributed by atoms with Crippen LogP contribution in [0, 0.1) is 0 Å². The Balaban J connectivity index is 1.97. The lowest BCUT2D eigenvalue weighted by Gasteiger charge is -2.36. The zero-order valence-electron chi connectivity index (χ0n) is 13.2. The standard InChI is InChI=1S/C16H21N3O3/c1-18(2)12-4-6-19(7-5-12)10-11-8-13(16(20)21)15(22-3)9-14(11)17-19/h8-10,12H,4-7H2,1-3H3/p+1. The Bertz CT molecular complexity index is 719.